The largest absolute Gasteiger partial charge is 0.309 e. The van der Waals surface area contributed by atoms with Gasteiger partial charge in [-0.05, 0) is 51.6 Å². The first-order valence-electron chi connectivity index (χ1n) is 17.8. The van der Waals surface area contributed by atoms with Crippen molar-refractivity contribution in [2.24, 2.45) is 0 Å². The Morgan fingerprint density at radius 1 is 0.423 bits per heavy atom. The van der Waals surface area contributed by atoms with Crippen LogP contribution in [0.15, 0.2) is 170 Å². The number of hydrogen-bond donors (Lipinski definition) is 0. The zero-order valence-corrected chi connectivity index (χ0v) is 29.0. The van der Waals surface area contributed by atoms with Crippen LogP contribution in [0.1, 0.15) is 25.0 Å². The Hall–Kier alpha value is -6.65. The van der Waals surface area contributed by atoms with E-state index < -0.39 is 0 Å². The predicted molar refractivity (Wildman–Crippen MR) is 213 cm³/mol. The van der Waals surface area contributed by atoms with Gasteiger partial charge in [-0.15, -0.1) is 0 Å². The topological polar surface area (TPSA) is 43.6 Å². The van der Waals surface area contributed by atoms with E-state index in [1.807, 2.05) is 24.3 Å². The maximum atomic E-state index is 5.13. The van der Waals surface area contributed by atoms with Crippen molar-refractivity contribution in [3.63, 3.8) is 0 Å². The minimum Gasteiger partial charge on any atom is -0.309 e. The molecule has 0 N–H and O–H groups in total. The predicted octanol–water partition coefficient (Wildman–Crippen LogP) is 11.9. The number of fused-ring (bicyclic) bond motifs is 7. The minimum atomic E-state index is -0.168. The molecule has 0 unspecified atom stereocenters. The van der Waals surface area contributed by atoms with Crippen LogP contribution in [0.5, 0.6) is 0 Å². The summed E-state index contributed by atoms with van der Waals surface area (Å²) in [6.07, 6.45) is 0. The van der Waals surface area contributed by atoms with Gasteiger partial charge in [0.15, 0.2) is 17.5 Å². The van der Waals surface area contributed by atoms with Crippen LogP contribution in [0.2, 0.25) is 0 Å². The molecule has 0 saturated heterocycles. The van der Waals surface area contributed by atoms with Gasteiger partial charge in [0, 0.05) is 38.6 Å². The highest BCUT2D eigenvalue weighted by Crippen LogP contribution is 2.53. The highest BCUT2D eigenvalue weighted by Gasteiger charge is 2.38. The zero-order chi connectivity index (χ0) is 34.8. The summed E-state index contributed by atoms with van der Waals surface area (Å²) in [4.78, 5) is 15.2. The fourth-order valence-corrected chi connectivity index (χ4v) is 8.16. The van der Waals surface area contributed by atoms with Crippen LogP contribution in [-0.4, -0.2) is 19.5 Å². The first-order chi connectivity index (χ1) is 25.5. The summed E-state index contributed by atoms with van der Waals surface area (Å²) in [5, 5.41) is 2.50. The number of benzene rings is 7. The smallest absolute Gasteiger partial charge is 0.164 e. The van der Waals surface area contributed by atoms with E-state index in [-0.39, 0.29) is 5.41 Å². The van der Waals surface area contributed by atoms with Crippen molar-refractivity contribution < 1.29 is 0 Å². The molecule has 246 valence electrons. The van der Waals surface area contributed by atoms with Crippen LogP contribution in [0, 0.1) is 0 Å². The van der Waals surface area contributed by atoms with Gasteiger partial charge >= 0.3 is 0 Å². The third kappa shape index (κ3) is 4.72. The van der Waals surface area contributed by atoms with Gasteiger partial charge in [-0.25, -0.2) is 15.0 Å². The molecule has 2 heterocycles. The fraction of sp³-hybridized carbons (Fsp3) is 0.0625. The number of para-hydroxylation sites is 1. The van der Waals surface area contributed by atoms with Crippen molar-refractivity contribution in [3.8, 4) is 62.1 Å². The molecule has 0 radical (unpaired) electrons. The van der Waals surface area contributed by atoms with Gasteiger partial charge in [0.2, 0.25) is 0 Å². The second kappa shape index (κ2) is 11.7. The molecule has 10 rings (SSSR count). The Balaban J connectivity index is 1.16. The average molecular weight is 667 g/mol. The van der Waals surface area contributed by atoms with Gasteiger partial charge in [0.1, 0.15) is 0 Å². The molecule has 52 heavy (non-hydrogen) atoms. The van der Waals surface area contributed by atoms with Crippen molar-refractivity contribution >= 4 is 21.8 Å². The number of nitrogens with zero attached hydrogens (tertiary/aromatic N) is 4. The second-order valence-electron chi connectivity index (χ2n) is 14.1. The molecule has 1 aliphatic carbocycles. The summed E-state index contributed by atoms with van der Waals surface area (Å²) >= 11 is 0. The molecule has 4 nitrogen and oxygen atoms in total. The number of aromatic nitrogens is 4. The van der Waals surface area contributed by atoms with Gasteiger partial charge in [-0.2, -0.15) is 0 Å². The fourth-order valence-electron chi connectivity index (χ4n) is 8.16. The summed E-state index contributed by atoms with van der Waals surface area (Å²) in [6.45, 7) is 4.72. The summed E-state index contributed by atoms with van der Waals surface area (Å²) in [6, 6.07) is 60.0. The molecule has 7 aromatic carbocycles. The number of hydrogen-bond acceptors (Lipinski definition) is 3. The van der Waals surface area contributed by atoms with Crippen molar-refractivity contribution in [1.29, 1.82) is 0 Å². The second-order valence-corrected chi connectivity index (χ2v) is 14.1. The van der Waals surface area contributed by atoms with Crippen LogP contribution < -0.4 is 0 Å². The lowest BCUT2D eigenvalue weighted by atomic mass is 9.81. The number of rotatable bonds is 5. The zero-order valence-electron chi connectivity index (χ0n) is 29.0. The summed E-state index contributed by atoms with van der Waals surface area (Å²) in [5.74, 6) is 1.92. The minimum absolute atomic E-state index is 0.168. The normalized spacial score (nSPS) is 13.0. The molecule has 2 aromatic heterocycles. The molecule has 0 aliphatic heterocycles. The highest BCUT2D eigenvalue weighted by molar-refractivity contribution is 6.13. The van der Waals surface area contributed by atoms with Gasteiger partial charge < -0.3 is 4.57 Å². The summed E-state index contributed by atoms with van der Waals surface area (Å²) < 4.78 is 2.45. The van der Waals surface area contributed by atoms with Crippen LogP contribution >= 0.6 is 0 Å². The Morgan fingerprint density at radius 3 is 1.73 bits per heavy atom. The lowest BCUT2D eigenvalue weighted by Crippen LogP contribution is -2.16. The van der Waals surface area contributed by atoms with E-state index in [2.05, 4.69) is 164 Å². The summed E-state index contributed by atoms with van der Waals surface area (Å²) in [5.41, 5.74) is 13.8. The standard InChI is InChI=1S/C48H34N4/c1-48(2)41-22-11-9-20-37(41)39-28-29-40-38-21-10-12-23-42(38)52(44(40)43(39)48)36-19-13-18-35(30-36)47-50-45(33-16-7-4-8-17-33)49-46(51-47)34-26-24-32(25-27-34)31-14-5-3-6-15-31/h3-30H,1-2H3. The van der Waals surface area contributed by atoms with E-state index in [1.54, 1.807) is 0 Å². The molecule has 0 amide bonds. The molecular weight excluding hydrogens is 633 g/mol. The molecule has 0 atom stereocenters. The van der Waals surface area contributed by atoms with Crippen molar-refractivity contribution in [2.45, 2.75) is 19.3 Å². The first-order valence-corrected chi connectivity index (χ1v) is 17.8. The van der Waals surface area contributed by atoms with Crippen LogP contribution in [-0.2, 0) is 5.41 Å². The Bertz CT molecular complexity index is 2800. The highest BCUT2D eigenvalue weighted by atomic mass is 15.0. The third-order valence-corrected chi connectivity index (χ3v) is 10.6. The molecule has 0 saturated carbocycles. The van der Waals surface area contributed by atoms with Gasteiger partial charge in [-0.1, -0.05) is 166 Å². The van der Waals surface area contributed by atoms with Gasteiger partial charge in [0.25, 0.3) is 0 Å². The summed E-state index contributed by atoms with van der Waals surface area (Å²) in [7, 11) is 0. The Morgan fingerprint density at radius 2 is 0.981 bits per heavy atom. The quantitative estimate of drug-likeness (QED) is 0.184. The van der Waals surface area contributed by atoms with Gasteiger partial charge in [-0.3, -0.25) is 0 Å². The van der Waals surface area contributed by atoms with E-state index in [4.69, 9.17) is 15.0 Å². The van der Waals surface area contributed by atoms with Gasteiger partial charge in [0.05, 0.1) is 11.0 Å². The maximum absolute atomic E-state index is 5.13. The van der Waals surface area contributed by atoms with E-state index in [0.29, 0.717) is 17.5 Å². The molecule has 1 aliphatic rings. The van der Waals surface area contributed by atoms with Crippen molar-refractivity contribution in [2.75, 3.05) is 0 Å². The Kier molecular flexibility index (Phi) is 6.80. The van der Waals surface area contributed by atoms with Crippen molar-refractivity contribution in [1.82, 2.24) is 19.5 Å². The van der Waals surface area contributed by atoms with Crippen LogP contribution in [0.25, 0.3) is 83.9 Å². The van der Waals surface area contributed by atoms with E-state index in [0.717, 1.165) is 27.9 Å². The van der Waals surface area contributed by atoms with Crippen molar-refractivity contribution in [3.05, 3.63) is 181 Å². The monoisotopic (exact) mass is 666 g/mol. The molecular formula is C48H34N4. The van der Waals surface area contributed by atoms with Crippen LogP contribution in [0.3, 0.4) is 0 Å². The van der Waals surface area contributed by atoms with Crippen LogP contribution in [0.4, 0.5) is 0 Å². The SMILES string of the molecule is CC1(C)c2ccccc2-c2ccc3c4ccccc4n(-c4cccc(-c5nc(-c6ccccc6)nc(-c6ccc(-c7ccccc7)cc6)n5)c4)c3c21. The van der Waals surface area contributed by atoms with E-state index >= 15 is 0 Å². The molecule has 4 heteroatoms. The average Bonchev–Trinajstić information content (AvgIpc) is 3.67. The molecule has 0 fully saturated rings. The maximum Gasteiger partial charge on any atom is 0.164 e. The molecule has 0 bridgehead atoms. The molecule has 0 spiro atoms. The Labute approximate surface area is 302 Å². The lowest BCUT2D eigenvalue weighted by molar-refractivity contribution is 0.664. The lowest BCUT2D eigenvalue weighted by Gasteiger charge is -2.23. The molecule has 9 aromatic rings. The first kappa shape index (κ1) is 30.2. The third-order valence-electron chi connectivity index (χ3n) is 10.6. The van der Waals surface area contributed by atoms with E-state index in [1.165, 1.54) is 49.6 Å². The van der Waals surface area contributed by atoms with E-state index in [9.17, 15) is 0 Å².